The molecule has 0 saturated carbocycles. The molecule has 3 aromatic rings. The van der Waals surface area contributed by atoms with Gasteiger partial charge in [0.25, 0.3) is 0 Å². The van der Waals surface area contributed by atoms with Crippen LogP contribution in [-0.2, 0) is 6.42 Å². The van der Waals surface area contributed by atoms with Crippen LogP contribution in [0.25, 0.3) is 5.65 Å². The van der Waals surface area contributed by atoms with Crippen LogP contribution >= 0.6 is 0 Å². The molecule has 0 atom stereocenters. The van der Waals surface area contributed by atoms with Gasteiger partial charge in [-0.25, -0.2) is 15.8 Å². The highest BCUT2D eigenvalue weighted by Crippen LogP contribution is 2.15. The third kappa shape index (κ3) is 2.55. The molecule has 0 radical (unpaired) electrons. The highest BCUT2D eigenvalue weighted by molar-refractivity contribution is 5.65. The number of hydrogen-bond acceptors (Lipinski definition) is 5. The van der Waals surface area contributed by atoms with Gasteiger partial charge in [0.05, 0.1) is 6.20 Å². The number of hydrazine groups is 1. The summed E-state index contributed by atoms with van der Waals surface area (Å²) < 4.78 is 1.88. The van der Waals surface area contributed by atoms with Crippen LogP contribution in [0.3, 0.4) is 0 Å². The Kier molecular flexibility index (Phi) is 3.47. The summed E-state index contributed by atoms with van der Waals surface area (Å²) >= 11 is 0. The average Bonchev–Trinajstić information content (AvgIpc) is 2.96. The largest absolute Gasteiger partial charge is 0.367 e. The number of benzene rings is 1. The van der Waals surface area contributed by atoms with E-state index >= 15 is 0 Å². The monoisotopic (exact) mass is 268 g/mol. The standard InChI is InChI=1S/C14H16N6/c15-19-12-10-20-9-8-17-14(20)13(18-12)16-7-6-11-4-2-1-3-5-11/h1-5,8-10,19H,6-7,15H2,(H,16,18). The summed E-state index contributed by atoms with van der Waals surface area (Å²) in [5, 5.41) is 3.31. The van der Waals surface area contributed by atoms with E-state index in [1.165, 1.54) is 5.56 Å². The number of nitrogens with two attached hydrogens (primary N) is 1. The molecular weight excluding hydrogens is 252 g/mol. The fourth-order valence-electron chi connectivity index (χ4n) is 2.09. The number of hydrogen-bond donors (Lipinski definition) is 3. The number of fused-ring (bicyclic) bond motifs is 1. The number of nitrogens with zero attached hydrogens (tertiary/aromatic N) is 3. The number of rotatable bonds is 5. The van der Waals surface area contributed by atoms with Gasteiger partial charge in [0.15, 0.2) is 17.3 Å². The number of nitrogen functional groups attached to an aromatic ring is 1. The summed E-state index contributed by atoms with van der Waals surface area (Å²) in [4.78, 5) is 8.68. The molecule has 0 fully saturated rings. The molecule has 0 aliphatic heterocycles. The van der Waals surface area contributed by atoms with Crippen molar-refractivity contribution in [2.45, 2.75) is 6.42 Å². The lowest BCUT2D eigenvalue weighted by atomic mass is 10.1. The summed E-state index contributed by atoms with van der Waals surface area (Å²) in [7, 11) is 0. The highest BCUT2D eigenvalue weighted by Gasteiger charge is 2.06. The minimum absolute atomic E-state index is 0.595. The van der Waals surface area contributed by atoms with E-state index < -0.39 is 0 Å². The minimum atomic E-state index is 0.595. The molecule has 0 saturated heterocycles. The van der Waals surface area contributed by atoms with Gasteiger partial charge >= 0.3 is 0 Å². The Hall–Kier alpha value is -2.60. The SMILES string of the molecule is NNc1cn2ccnc2c(NCCc2ccccc2)n1. The van der Waals surface area contributed by atoms with Crippen LogP contribution in [0.2, 0.25) is 0 Å². The molecule has 0 unspecified atom stereocenters. The first kappa shape index (κ1) is 12.4. The number of aromatic nitrogens is 3. The molecule has 3 rings (SSSR count). The second-order valence-corrected chi connectivity index (χ2v) is 4.44. The van der Waals surface area contributed by atoms with Gasteiger partial charge in [-0.2, -0.15) is 0 Å². The second kappa shape index (κ2) is 5.58. The van der Waals surface area contributed by atoms with Crippen LogP contribution in [0.4, 0.5) is 11.6 Å². The molecule has 20 heavy (non-hydrogen) atoms. The maximum atomic E-state index is 5.42. The third-order valence-electron chi connectivity index (χ3n) is 3.07. The fraction of sp³-hybridized carbons (Fsp3) is 0.143. The first-order valence-corrected chi connectivity index (χ1v) is 6.45. The molecule has 1 aromatic carbocycles. The number of imidazole rings is 1. The van der Waals surface area contributed by atoms with Crippen molar-refractivity contribution in [3.8, 4) is 0 Å². The first-order valence-electron chi connectivity index (χ1n) is 6.45. The maximum absolute atomic E-state index is 5.42. The van der Waals surface area contributed by atoms with Crippen molar-refractivity contribution in [2.24, 2.45) is 5.84 Å². The molecule has 0 spiro atoms. The lowest BCUT2D eigenvalue weighted by Crippen LogP contribution is -2.13. The normalized spacial score (nSPS) is 10.7. The summed E-state index contributed by atoms with van der Waals surface area (Å²) in [5.74, 6) is 6.74. The van der Waals surface area contributed by atoms with Crippen LogP contribution < -0.4 is 16.6 Å². The number of nitrogens with one attached hydrogen (secondary N) is 2. The molecular formula is C14H16N6. The Balaban J connectivity index is 1.75. The number of anilines is 2. The molecule has 0 amide bonds. The predicted octanol–water partition coefficient (Wildman–Crippen LogP) is 1.67. The molecule has 2 aromatic heterocycles. The van der Waals surface area contributed by atoms with E-state index in [-0.39, 0.29) is 0 Å². The van der Waals surface area contributed by atoms with Gasteiger partial charge in [-0.05, 0) is 12.0 Å². The Morgan fingerprint density at radius 3 is 2.85 bits per heavy atom. The molecule has 0 aliphatic carbocycles. The van der Waals surface area contributed by atoms with Crippen molar-refractivity contribution in [3.05, 3.63) is 54.5 Å². The zero-order chi connectivity index (χ0) is 13.8. The lowest BCUT2D eigenvalue weighted by molar-refractivity contribution is 0.996. The van der Waals surface area contributed by atoms with Crippen molar-refractivity contribution in [3.63, 3.8) is 0 Å². The molecule has 6 nitrogen and oxygen atoms in total. The molecule has 102 valence electrons. The zero-order valence-corrected chi connectivity index (χ0v) is 11.0. The van der Waals surface area contributed by atoms with Crippen molar-refractivity contribution < 1.29 is 0 Å². The second-order valence-electron chi connectivity index (χ2n) is 4.44. The molecule has 0 bridgehead atoms. The Morgan fingerprint density at radius 1 is 1.20 bits per heavy atom. The van der Waals surface area contributed by atoms with Crippen LogP contribution in [0.15, 0.2) is 48.9 Å². The van der Waals surface area contributed by atoms with Gasteiger partial charge < -0.3 is 15.1 Å². The average molecular weight is 268 g/mol. The van der Waals surface area contributed by atoms with Gasteiger partial charge in [-0.3, -0.25) is 0 Å². The van der Waals surface area contributed by atoms with Crippen molar-refractivity contribution in [2.75, 3.05) is 17.3 Å². The lowest BCUT2D eigenvalue weighted by Gasteiger charge is -2.09. The van der Waals surface area contributed by atoms with Gasteiger partial charge in [-0.1, -0.05) is 30.3 Å². The van der Waals surface area contributed by atoms with Crippen molar-refractivity contribution in [1.29, 1.82) is 0 Å². The van der Waals surface area contributed by atoms with E-state index in [0.717, 1.165) is 24.4 Å². The van der Waals surface area contributed by atoms with Gasteiger partial charge in [-0.15, -0.1) is 0 Å². The van der Waals surface area contributed by atoms with E-state index in [4.69, 9.17) is 5.84 Å². The van der Waals surface area contributed by atoms with Crippen molar-refractivity contribution in [1.82, 2.24) is 14.4 Å². The van der Waals surface area contributed by atoms with Crippen LogP contribution in [0.1, 0.15) is 5.56 Å². The quantitative estimate of drug-likeness (QED) is 0.484. The van der Waals surface area contributed by atoms with Crippen LogP contribution in [0, 0.1) is 0 Å². The van der Waals surface area contributed by atoms with E-state index in [1.807, 2.05) is 28.8 Å². The molecule has 4 N–H and O–H groups in total. The first-order chi connectivity index (χ1) is 9.86. The Labute approximate surface area is 116 Å². The van der Waals surface area contributed by atoms with E-state index in [1.54, 1.807) is 12.4 Å². The topological polar surface area (TPSA) is 80.3 Å². The highest BCUT2D eigenvalue weighted by atomic mass is 15.3. The summed E-state index contributed by atoms with van der Waals surface area (Å²) in [5.41, 5.74) is 4.63. The van der Waals surface area contributed by atoms with Gasteiger partial charge in [0.1, 0.15) is 0 Å². The fourth-order valence-corrected chi connectivity index (χ4v) is 2.09. The zero-order valence-electron chi connectivity index (χ0n) is 11.0. The van der Waals surface area contributed by atoms with E-state index in [9.17, 15) is 0 Å². The molecule has 6 heteroatoms. The summed E-state index contributed by atoms with van der Waals surface area (Å²) in [6, 6.07) is 10.3. The Morgan fingerprint density at radius 2 is 2.05 bits per heavy atom. The molecule has 0 aliphatic rings. The van der Waals surface area contributed by atoms with E-state index in [2.05, 4.69) is 32.8 Å². The minimum Gasteiger partial charge on any atom is -0.367 e. The predicted molar refractivity (Wildman–Crippen MR) is 79.4 cm³/mol. The smallest absolute Gasteiger partial charge is 0.180 e. The van der Waals surface area contributed by atoms with Gasteiger partial charge in [0, 0.05) is 18.9 Å². The maximum Gasteiger partial charge on any atom is 0.180 e. The Bertz CT molecular complexity index is 691. The molecule has 2 heterocycles. The van der Waals surface area contributed by atoms with Crippen LogP contribution in [0.5, 0.6) is 0 Å². The summed E-state index contributed by atoms with van der Waals surface area (Å²) in [6.45, 7) is 0.785. The van der Waals surface area contributed by atoms with E-state index in [0.29, 0.717) is 5.82 Å². The van der Waals surface area contributed by atoms with Crippen molar-refractivity contribution >= 4 is 17.3 Å². The third-order valence-corrected chi connectivity index (χ3v) is 3.07. The summed E-state index contributed by atoms with van der Waals surface area (Å²) in [6.07, 6.45) is 6.32. The van der Waals surface area contributed by atoms with Crippen LogP contribution in [-0.4, -0.2) is 20.9 Å². The van der Waals surface area contributed by atoms with Gasteiger partial charge in [0.2, 0.25) is 0 Å².